The average molecular weight is 200 g/mol. The van der Waals surface area contributed by atoms with Gasteiger partial charge in [-0.05, 0) is 25.8 Å². The molecule has 0 aromatic carbocycles. The largest absolute Gasteiger partial charge is 0.372 e. The minimum absolute atomic E-state index is 0.0173. The van der Waals surface area contributed by atoms with Crippen LogP contribution < -0.4 is 10.6 Å². The molecule has 2 atom stereocenters. The molecular formula is C10H20N2O2. The van der Waals surface area contributed by atoms with Crippen molar-refractivity contribution in [2.45, 2.75) is 38.3 Å². The van der Waals surface area contributed by atoms with Crippen molar-refractivity contribution in [2.75, 3.05) is 20.2 Å². The number of nitrogens with one attached hydrogen (secondary N) is 2. The van der Waals surface area contributed by atoms with E-state index >= 15 is 0 Å². The second-order valence-electron chi connectivity index (χ2n) is 3.68. The van der Waals surface area contributed by atoms with Gasteiger partial charge in [0.15, 0.2) is 0 Å². The van der Waals surface area contributed by atoms with Gasteiger partial charge < -0.3 is 15.4 Å². The molecule has 1 heterocycles. The lowest BCUT2D eigenvalue weighted by Gasteiger charge is -2.25. The zero-order valence-corrected chi connectivity index (χ0v) is 9.01. The summed E-state index contributed by atoms with van der Waals surface area (Å²) in [4.78, 5) is 11.6. The second-order valence-corrected chi connectivity index (χ2v) is 3.68. The number of carbonyl (C=O) groups is 1. The molecule has 0 saturated carbocycles. The summed E-state index contributed by atoms with van der Waals surface area (Å²) >= 11 is 0. The number of hydrogen-bond donors (Lipinski definition) is 2. The third-order valence-corrected chi connectivity index (χ3v) is 2.59. The fourth-order valence-corrected chi connectivity index (χ4v) is 1.73. The summed E-state index contributed by atoms with van der Waals surface area (Å²) in [5, 5.41) is 6.25. The molecule has 82 valence electrons. The minimum atomic E-state index is -0.295. The Labute approximate surface area is 85.4 Å². The zero-order chi connectivity index (χ0) is 10.4. The van der Waals surface area contributed by atoms with Crippen LogP contribution in [0.4, 0.5) is 0 Å². The van der Waals surface area contributed by atoms with Gasteiger partial charge in [0.25, 0.3) is 0 Å². The molecule has 1 saturated heterocycles. The van der Waals surface area contributed by atoms with Gasteiger partial charge in [0, 0.05) is 19.7 Å². The predicted octanol–water partition coefficient (Wildman–Crippen LogP) is 0.280. The van der Waals surface area contributed by atoms with E-state index in [1.165, 1.54) is 0 Å². The fourth-order valence-electron chi connectivity index (χ4n) is 1.73. The monoisotopic (exact) mass is 200 g/mol. The minimum Gasteiger partial charge on any atom is -0.372 e. The molecule has 0 bridgehead atoms. The van der Waals surface area contributed by atoms with Gasteiger partial charge in [-0.3, -0.25) is 4.79 Å². The van der Waals surface area contributed by atoms with Gasteiger partial charge in [-0.2, -0.15) is 0 Å². The van der Waals surface area contributed by atoms with Crippen molar-refractivity contribution in [1.29, 1.82) is 0 Å². The van der Waals surface area contributed by atoms with Crippen LogP contribution >= 0.6 is 0 Å². The van der Waals surface area contributed by atoms with Crippen molar-refractivity contribution in [2.24, 2.45) is 0 Å². The van der Waals surface area contributed by atoms with E-state index in [1.54, 1.807) is 7.11 Å². The number of methoxy groups -OCH3 is 1. The first kappa shape index (κ1) is 11.5. The predicted molar refractivity (Wildman–Crippen MR) is 55.1 cm³/mol. The topological polar surface area (TPSA) is 50.4 Å². The van der Waals surface area contributed by atoms with Crippen molar-refractivity contribution in [3.8, 4) is 0 Å². The lowest BCUT2D eigenvalue weighted by Crippen LogP contribution is -2.48. The highest BCUT2D eigenvalue weighted by atomic mass is 16.5. The van der Waals surface area contributed by atoms with Crippen molar-refractivity contribution in [1.82, 2.24) is 10.6 Å². The average Bonchev–Trinajstić information content (AvgIpc) is 2.21. The Morgan fingerprint density at radius 3 is 3.00 bits per heavy atom. The molecule has 14 heavy (non-hydrogen) atoms. The Hall–Kier alpha value is -0.610. The maximum Gasteiger partial charge on any atom is 0.249 e. The van der Waals surface area contributed by atoms with Crippen LogP contribution in [0.5, 0.6) is 0 Å². The third kappa shape index (κ3) is 3.27. The summed E-state index contributed by atoms with van der Waals surface area (Å²) < 4.78 is 5.07. The van der Waals surface area contributed by atoms with Crippen molar-refractivity contribution in [3.05, 3.63) is 0 Å². The molecule has 0 aliphatic carbocycles. The molecule has 1 rings (SSSR count). The number of amides is 1. The Morgan fingerprint density at radius 1 is 1.71 bits per heavy atom. The van der Waals surface area contributed by atoms with Crippen molar-refractivity contribution in [3.63, 3.8) is 0 Å². The molecule has 1 aliphatic heterocycles. The molecule has 1 unspecified atom stereocenters. The maximum absolute atomic E-state index is 11.6. The van der Waals surface area contributed by atoms with Gasteiger partial charge in [0.1, 0.15) is 6.10 Å². The van der Waals surface area contributed by atoms with E-state index < -0.39 is 0 Å². The van der Waals surface area contributed by atoms with Crippen LogP contribution in [0.1, 0.15) is 26.2 Å². The summed E-state index contributed by atoms with van der Waals surface area (Å²) in [5.41, 5.74) is 0. The highest BCUT2D eigenvalue weighted by Gasteiger charge is 2.20. The summed E-state index contributed by atoms with van der Waals surface area (Å²) in [7, 11) is 1.58. The van der Waals surface area contributed by atoms with Crippen LogP contribution in [0.25, 0.3) is 0 Å². The Morgan fingerprint density at radius 2 is 2.50 bits per heavy atom. The van der Waals surface area contributed by atoms with Crippen LogP contribution in [0.3, 0.4) is 0 Å². The standard InChI is InChI=1S/C10H20N2O2/c1-3-9(14-2)10(13)12-8-5-4-6-11-7-8/h8-9,11H,3-7H2,1-2H3,(H,12,13)/t8-,9?/m1/s1. The number of hydrogen-bond acceptors (Lipinski definition) is 3. The molecule has 0 spiro atoms. The van der Waals surface area contributed by atoms with Gasteiger partial charge in [-0.15, -0.1) is 0 Å². The molecule has 1 amide bonds. The van der Waals surface area contributed by atoms with Crippen molar-refractivity contribution >= 4 is 5.91 Å². The lowest BCUT2D eigenvalue weighted by molar-refractivity contribution is -0.132. The van der Waals surface area contributed by atoms with E-state index in [-0.39, 0.29) is 18.1 Å². The molecule has 2 N–H and O–H groups in total. The lowest BCUT2D eigenvalue weighted by atomic mass is 10.1. The summed E-state index contributed by atoms with van der Waals surface area (Å²) in [6, 6.07) is 0.278. The van der Waals surface area contributed by atoms with Crippen LogP contribution in [0, 0.1) is 0 Å². The molecule has 1 aliphatic rings. The van der Waals surface area contributed by atoms with Gasteiger partial charge in [0.2, 0.25) is 5.91 Å². The number of ether oxygens (including phenoxy) is 1. The molecule has 4 nitrogen and oxygen atoms in total. The SMILES string of the molecule is CCC(OC)C(=O)N[C@@H]1CCCNC1. The van der Waals surface area contributed by atoms with E-state index in [9.17, 15) is 4.79 Å². The second kappa shape index (κ2) is 5.98. The van der Waals surface area contributed by atoms with E-state index in [2.05, 4.69) is 10.6 Å². The molecule has 0 radical (unpaired) electrons. The van der Waals surface area contributed by atoms with E-state index in [0.29, 0.717) is 0 Å². The molecular weight excluding hydrogens is 180 g/mol. The fraction of sp³-hybridized carbons (Fsp3) is 0.900. The van der Waals surface area contributed by atoms with Crippen LogP contribution in [0.15, 0.2) is 0 Å². The van der Waals surface area contributed by atoms with E-state index in [0.717, 1.165) is 32.4 Å². The van der Waals surface area contributed by atoms with Gasteiger partial charge >= 0.3 is 0 Å². The van der Waals surface area contributed by atoms with E-state index in [1.807, 2.05) is 6.92 Å². The molecule has 0 aromatic heterocycles. The maximum atomic E-state index is 11.6. The Bertz CT molecular complexity index is 175. The van der Waals surface area contributed by atoms with Gasteiger partial charge in [-0.25, -0.2) is 0 Å². The first-order chi connectivity index (χ1) is 6.77. The summed E-state index contributed by atoms with van der Waals surface area (Å²) in [6.45, 7) is 3.90. The normalized spacial score (nSPS) is 24.3. The highest BCUT2D eigenvalue weighted by Crippen LogP contribution is 2.03. The summed E-state index contributed by atoms with van der Waals surface area (Å²) in [5.74, 6) is 0.0173. The molecule has 0 aromatic rings. The number of carbonyl (C=O) groups excluding carboxylic acids is 1. The number of rotatable bonds is 4. The smallest absolute Gasteiger partial charge is 0.249 e. The van der Waals surface area contributed by atoms with Crippen LogP contribution in [-0.4, -0.2) is 38.3 Å². The highest BCUT2D eigenvalue weighted by molar-refractivity contribution is 5.81. The molecule has 4 heteroatoms. The van der Waals surface area contributed by atoms with E-state index in [4.69, 9.17) is 4.74 Å². The Balaban J connectivity index is 2.30. The number of piperidine rings is 1. The van der Waals surface area contributed by atoms with Gasteiger partial charge in [0.05, 0.1) is 0 Å². The zero-order valence-electron chi connectivity index (χ0n) is 9.01. The van der Waals surface area contributed by atoms with Crippen molar-refractivity contribution < 1.29 is 9.53 Å². The first-order valence-corrected chi connectivity index (χ1v) is 5.31. The quantitative estimate of drug-likeness (QED) is 0.685. The summed E-state index contributed by atoms with van der Waals surface area (Å²) in [6.07, 6.45) is 2.63. The third-order valence-electron chi connectivity index (χ3n) is 2.59. The van der Waals surface area contributed by atoms with Crippen LogP contribution in [0.2, 0.25) is 0 Å². The first-order valence-electron chi connectivity index (χ1n) is 5.31. The Kier molecular flexibility index (Phi) is 4.90. The van der Waals surface area contributed by atoms with Crippen LogP contribution in [-0.2, 0) is 9.53 Å². The van der Waals surface area contributed by atoms with Gasteiger partial charge in [-0.1, -0.05) is 6.92 Å². The molecule has 1 fully saturated rings.